The van der Waals surface area contributed by atoms with Gasteiger partial charge in [0.25, 0.3) is 0 Å². The number of rotatable bonds is 5. The van der Waals surface area contributed by atoms with Gasteiger partial charge in [0.15, 0.2) is 0 Å². The number of likely N-dealkylation sites (tertiary alicyclic amines) is 1. The first-order chi connectivity index (χ1) is 11.5. The first-order valence-corrected chi connectivity index (χ1v) is 8.51. The van der Waals surface area contributed by atoms with Crippen LogP contribution in [0.15, 0.2) is 48.5 Å². The third kappa shape index (κ3) is 4.63. The molecule has 0 aromatic heterocycles. The van der Waals surface area contributed by atoms with Crippen LogP contribution in [-0.2, 0) is 6.54 Å². The van der Waals surface area contributed by atoms with Crippen LogP contribution >= 0.6 is 11.6 Å². The van der Waals surface area contributed by atoms with Crippen LogP contribution in [0.2, 0.25) is 5.02 Å². The summed E-state index contributed by atoms with van der Waals surface area (Å²) in [6, 6.07) is 14.4. The van der Waals surface area contributed by atoms with Gasteiger partial charge in [0.2, 0.25) is 0 Å². The van der Waals surface area contributed by atoms with Gasteiger partial charge in [-0.15, -0.1) is 0 Å². The SMILES string of the molecule is Oc1ccc(CN2CCCC(O)(COc3cccc(Cl)c3)C2)cc1. The molecule has 1 aliphatic heterocycles. The fourth-order valence-electron chi connectivity index (χ4n) is 3.09. The zero-order chi connectivity index (χ0) is 17.0. The number of nitrogens with zero attached hydrogens (tertiary/aromatic N) is 1. The molecule has 1 atom stereocenters. The van der Waals surface area contributed by atoms with Crippen LogP contribution in [0.3, 0.4) is 0 Å². The highest BCUT2D eigenvalue weighted by molar-refractivity contribution is 6.30. The summed E-state index contributed by atoms with van der Waals surface area (Å²) >= 11 is 5.96. The van der Waals surface area contributed by atoms with Crippen LogP contribution in [0, 0.1) is 0 Å². The molecule has 1 heterocycles. The number of phenolic OH excluding ortho intramolecular Hbond substituents is 1. The van der Waals surface area contributed by atoms with Crippen LogP contribution in [0.25, 0.3) is 0 Å². The lowest BCUT2D eigenvalue weighted by molar-refractivity contribution is -0.0621. The van der Waals surface area contributed by atoms with Crippen molar-refractivity contribution in [3.05, 3.63) is 59.1 Å². The Kier molecular flexibility index (Phi) is 5.29. The molecule has 24 heavy (non-hydrogen) atoms. The highest BCUT2D eigenvalue weighted by atomic mass is 35.5. The van der Waals surface area contributed by atoms with Crippen molar-refractivity contribution in [3.8, 4) is 11.5 Å². The second-order valence-electron chi connectivity index (χ2n) is 6.45. The summed E-state index contributed by atoms with van der Waals surface area (Å²) in [6.07, 6.45) is 1.65. The molecule has 0 amide bonds. The maximum atomic E-state index is 10.9. The molecule has 0 radical (unpaired) electrons. The van der Waals surface area contributed by atoms with E-state index in [-0.39, 0.29) is 12.4 Å². The lowest BCUT2D eigenvalue weighted by Gasteiger charge is -2.39. The predicted octanol–water partition coefficient (Wildman–Crippen LogP) is 3.45. The van der Waals surface area contributed by atoms with Gasteiger partial charge in [-0.1, -0.05) is 29.8 Å². The highest BCUT2D eigenvalue weighted by Gasteiger charge is 2.34. The van der Waals surface area contributed by atoms with Crippen LogP contribution in [0.1, 0.15) is 18.4 Å². The number of aromatic hydroxyl groups is 1. The third-order valence-electron chi connectivity index (χ3n) is 4.28. The quantitative estimate of drug-likeness (QED) is 0.869. The fourth-order valence-corrected chi connectivity index (χ4v) is 3.27. The van der Waals surface area contributed by atoms with Crippen molar-refractivity contribution >= 4 is 11.6 Å². The number of hydrogen-bond donors (Lipinski definition) is 2. The van der Waals surface area contributed by atoms with Gasteiger partial charge in [0.1, 0.15) is 23.7 Å². The molecule has 1 saturated heterocycles. The van der Waals surface area contributed by atoms with Crippen molar-refractivity contribution in [2.45, 2.75) is 25.0 Å². The van der Waals surface area contributed by atoms with Crippen LogP contribution in [-0.4, -0.2) is 40.4 Å². The number of halogens is 1. The van der Waals surface area contributed by atoms with Gasteiger partial charge in [-0.25, -0.2) is 0 Å². The first-order valence-electron chi connectivity index (χ1n) is 8.13. The highest BCUT2D eigenvalue weighted by Crippen LogP contribution is 2.25. The Morgan fingerprint density at radius 3 is 2.71 bits per heavy atom. The molecule has 1 aliphatic rings. The monoisotopic (exact) mass is 347 g/mol. The normalized spacial score (nSPS) is 21.6. The van der Waals surface area contributed by atoms with Gasteiger partial charge in [-0.2, -0.15) is 0 Å². The summed E-state index contributed by atoms with van der Waals surface area (Å²) < 4.78 is 5.75. The third-order valence-corrected chi connectivity index (χ3v) is 4.52. The van der Waals surface area contributed by atoms with E-state index in [4.69, 9.17) is 16.3 Å². The van der Waals surface area contributed by atoms with Crippen molar-refractivity contribution < 1.29 is 14.9 Å². The maximum absolute atomic E-state index is 10.9. The summed E-state index contributed by atoms with van der Waals surface area (Å²) in [5.74, 6) is 0.940. The molecule has 5 heteroatoms. The number of hydrogen-bond acceptors (Lipinski definition) is 4. The zero-order valence-corrected chi connectivity index (χ0v) is 14.2. The van der Waals surface area contributed by atoms with Gasteiger partial charge in [0.05, 0.1) is 0 Å². The summed E-state index contributed by atoms with van der Waals surface area (Å²) in [5.41, 5.74) is 0.255. The molecule has 1 fully saturated rings. The van der Waals surface area contributed by atoms with Crippen LogP contribution < -0.4 is 4.74 Å². The Hall–Kier alpha value is -1.75. The van der Waals surface area contributed by atoms with Crippen LogP contribution in [0.4, 0.5) is 0 Å². The number of piperidine rings is 1. The number of aliphatic hydroxyl groups is 1. The summed E-state index contributed by atoms with van der Waals surface area (Å²) in [4.78, 5) is 2.22. The second-order valence-corrected chi connectivity index (χ2v) is 6.89. The summed E-state index contributed by atoms with van der Waals surface area (Å²) in [6.45, 7) is 2.51. The van der Waals surface area contributed by atoms with Crippen molar-refractivity contribution in [3.63, 3.8) is 0 Å². The van der Waals surface area contributed by atoms with E-state index in [0.29, 0.717) is 17.3 Å². The Labute approximate surface area is 147 Å². The van der Waals surface area contributed by atoms with Crippen LogP contribution in [0.5, 0.6) is 11.5 Å². The van der Waals surface area contributed by atoms with Gasteiger partial charge >= 0.3 is 0 Å². The van der Waals surface area contributed by atoms with Gasteiger partial charge in [0, 0.05) is 18.1 Å². The minimum atomic E-state index is -0.864. The smallest absolute Gasteiger partial charge is 0.120 e. The van der Waals surface area contributed by atoms with Gasteiger partial charge in [-0.3, -0.25) is 4.90 Å². The summed E-state index contributed by atoms with van der Waals surface area (Å²) in [5, 5.41) is 20.8. The second kappa shape index (κ2) is 7.43. The fraction of sp³-hybridized carbons (Fsp3) is 0.368. The van der Waals surface area contributed by atoms with E-state index < -0.39 is 5.60 Å². The summed E-state index contributed by atoms with van der Waals surface area (Å²) in [7, 11) is 0. The molecule has 0 aliphatic carbocycles. The first kappa shape index (κ1) is 17.1. The molecule has 4 nitrogen and oxygen atoms in total. The average molecular weight is 348 g/mol. The minimum Gasteiger partial charge on any atom is -0.508 e. The average Bonchev–Trinajstić information content (AvgIpc) is 2.56. The van der Waals surface area contributed by atoms with Gasteiger partial charge < -0.3 is 14.9 Å². The Morgan fingerprint density at radius 1 is 1.17 bits per heavy atom. The van der Waals surface area contributed by atoms with Crippen molar-refractivity contribution in [2.75, 3.05) is 19.7 Å². The van der Waals surface area contributed by atoms with Crippen molar-refractivity contribution in [1.29, 1.82) is 0 Å². The molecule has 1 unspecified atom stereocenters. The maximum Gasteiger partial charge on any atom is 0.120 e. The van der Waals surface area contributed by atoms with E-state index in [0.717, 1.165) is 31.5 Å². The molecule has 0 bridgehead atoms. The Bertz CT molecular complexity index is 677. The number of ether oxygens (including phenoxy) is 1. The molecular formula is C19H22ClNO3. The molecule has 0 spiro atoms. The number of phenols is 1. The lowest BCUT2D eigenvalue weighted by Crippen LogP contribution is -2.51. The molecular weight excluding hydrogens is 326 g/mol. The molecule has 128 valence electrons. The van der Waals surface area contributed by atoms with E-state index in [9.17, 15) is 10.2 Å². The molecule has 2 aromatic carbocycles. The number of benzene rings is 2. The number of β-amino-alcohol motifs (C(OH)–C–C–N with tert-alkyl or cyclic N) is 1. The zero-order valence-electron chi connectivity index (χ0n) is 13.5. The van der Waals surface area contributed by atoms with E-state index >= 15 is 0 Å². The van der Waals surface area contributed by atoms with E-state index in [2.05, 4.69) is 4.90 Å². The Morgan fingerprint density at radius 2 is 1.96 bits per heavy atom. The molecule has 2 aromatic rings. The molecule has 0 saturated carbocycles. The van der Waals surface area contributed by atoms with Crippen molar-refractivity contribution in [1.82, 2.24) is 4.90 Å². The predicted molar refractivity (Wildman–Crippen MR) is 94.5 cm³/mol. The molecule has 3 rings (SSSR count). The Balaban J connectivity index is 1.58. The van der Waals surface area contributed by atoms with Crippen molar-refractivity contribution in [2.24, 2.45) is 0 Å². The minimum absolute atomic E-state index is 0.249. The van der Waals surface area contributed by atoms with E-state index in [1.165, 1.54) is 0 Å². The van der Waals surface area contributed by atoms with E-state index in [1.807, 2.05) is 24.3 Å². The molecule has 2 N–H and O–H groups in total. The standard InChI is InChI=1S/C19H22ClNO3/c20-16-3-1-4-18(11-16)24-14-19(23)9-2-10-21(13-19)12-15-5-7-17(22)8-6-15/h1,3-8,11,22-23H,2,9-10,12-14H2. The topological polar surface area (TPSA) is 52.9 Å². The van der Waals surface area contributed by atoms with Gasteiger partial charge in [-0.05, 0) is 55.3 Å². The van der Waals surface area contributed by atoms with E-state index in [1.54, 1.807) is 24.3 Å². The largest absolute Gasteiger partial charge is 0.508 e. The lowest BCUT2D eigenvalue weighted by atomic mass is 9.93.